The molecule has 3 amide bonds. The Hall–Kier alpha value is -3.13. The quantitative estimate of drug-likeness (QED) is 0.495. The van der Waals surface area contributed by atoms with E-state index in [2.05, 4.69) is 4.98 Å². The molecule has 3 aromatic rings. The van der Waals surface area contributed by atoms with Gasteiger partial charge in [-0.1, -0.05) is 41.4 Å². The van der Waals surface area contributed by atoms with Gasteiger partial charge in [0.05, 0.1) is 28.4 Å². The number of hydrogen-bond acceptors (Lipinski definition) is 4. The van der Waals surface area contributed by atoms with Crippen LogP contribution in [0, 0.1) is 0 Å². The monoisotopic (exact) mass is 510 g/mol. The topological polar surface area (TPSA) is 76.7 Å². The molecule has 7 nitrogen and oxygen atoms in total. The van der Waals surface area contributed by atoms with E-state index >= 15 is 0 Å². The number of fused-ring (bicyclic) bond motifs is 1. The highest BCUT2D eigenvalue weighted by Crippen LogP contribution is 2.40. The van der Waals surface area contributed by atoms with Crippen molar-refractivity contribution in [3.63, 3.8) is 0 Å². The molecule has 0 atom stereocenters. The molecule has 0 aliphatic carbocycles. The van der Waals surface area contributed by atoms with Crippen LogP contribution in [0.1, 0.15) is 32.8 Å². The lowest BCUT2D eigenvalue weighted by Crippen LogP contribution is -2.49. The van der Waals surface area contributed by atoms with Crippen molar-refractivity contribution in [1.29, 1.82) is 0 Å². The first kappa shape index (κ1) is 23.6. The maximum Gasteiger partial charge on any atom is 0.261 e. The zero-order valence-electron chi connectivity index (χ0n) is 19.2. The summed E-state index contributed by atoms with van der Waals surface area (Å²) in [4.78, 5) is 46.8. The fourth-order valence-electron chi connectivity index (χ4n) is 4.75. The molecular formula is C26H24Cl2N4O3. The Morgan fingerprint density at radius 1 is 0.914 bits per heavy atom. The summed E-state index contributed by atoms with van der Waals surface area (Å²) in [5, 5.41) is 1.03. The zero-order chi connectivity index (χ0) is 24.7. The zero-order valence-corrected chi connectivity index (χ0v) is 20.7. The lowest BCUT2D eigenvalue weighted by atomic mass is 10.0. The van der Waals surface area contributed by atoms with Crippen LogP contribution in [0.15, 0.2) is 48.7 Å². The van der Waals surface area contributed by atoms with E-state index in [9.17, 15) is 14.4 Å². The van der Waals surface area contributed by atoms with Gasteiger partial charge in [-0.15, -0.1) is 0 Å². The molecule has 1 N–H and O–H groups in total. The van der Waals surface area contributed by atoms with Gasteiger partial charge < -0.3 is 9.88 Å². The van der Waals surface area contributed by atoms with Gasteiger partial charge in [-0.25, -0.2) is 0 Å². The predicted molar refractivity (Wildman–Crippen MR) is 136 cm³/mol. The summed E-state index contributed by atoms with van der Waals surface area (Å²) in [5.74, 6) is -0.522. The number of nitrogens with one attached hydrogen (secondary N) is 1. The van der Waals surface area contributed by atoms with Gasteiger partial charge in [0, 0.05) is 47.7 Å². The molecule has 3 heterocycles. The number of benzene rings is 2. The molecule has 1 fully saturated rings. The number of carbonyl (C=O) groups excluding carboxylic acids is 3. The minimum atomic E-state index is -0.264. The average Bonchev–Trinajstić information content (AvgIpc) is 3.34. The number of aromatic amines is 1. The third-order valence-corrected chi connectivity index (χ3v) is 7.07. The van der Waals surface area contributed by atoms with Crippen molar-refractivity contribution in [2.75, 3.05) is 38.1 Å². The van der Waals surface area contributed by atoms with Crippen LogP contribution in [0.4, 0.5) is 5.69 Å². The van der Waals surface area contributed by atoms with E-state index in [4.69, 9.17) is 23.2 Å². The summed E-state index contributed by atoms with van der Waals surface area (Å²) < 4.78 is 0. The fraction of sp³-hybridized carbons (Fsp3) is 0.269. The molecule has 2 aromatic carbocycles. The van der Waals surface area contributed by atoms with E-state index in [-0.39, 0.29) is 17.7 Å². The minimum absolute atomic E-state index is 0.00582. The highest BCUT2D eigenvalue weighted by molar-refractivity contribution is 6.36. The van der Waals surface area contributed by atoms with Crippen LogP contribution in [0.3, 0.4) is 0 Å². The highest BCUT2D eigenvalue weighted by atomic mass is 35.5. The molecule has 0 unspecified atom stereocenters. The lowest BCUT2D eigenvalue weighted by Gasteiger charge is -2.33. The summed E-state index contributed by atoms with van der Waals surface area (Å²) in [5.41, 5.74) is 4.14. The number of aromatic nitrogens is 1. The number of nitrogens with zero attached hydrogens (tertiary/aromatic N) is 3. The van der Waals surface area contributed by atoms with E-state index in [1.165, 1.54) is 4.90 Å². The number of carbonyl (C=O) groups is 3. The Kier molecular flexibility index (Phi) is 6.40. The normalized spacial score (nSPS) is 16.4. The number of H-pyrrole nitrogens is 1. The maximum absolute atomic E-state index is 13.0. The van der Waals surface area contributed by atoms with Crippen LogP contribution in [0.2, 0.25) is 10.0 Å². The number of hydrogen-bond donors (Lipinski definition) is 1. The van der Waals surface area contributed by atoms with Gasteiger partial charge in [0.2, 0.25) is 5.91 Å². The van der Waals surface area contributed by atoms with E-state index in [1.54, 1.807) is 41.3 Å². The van der Waals surface area contributed by atoms with Crippen LogP contribution >= 0.6 is 23.2 Å². The third kappa shape index (κ3) is 4.35. The Morgan fingerprint density at radius 3 is 2.29 bits per heavy atom. The SMILES string of the molecule is CN1CCN(c2c(-c3ccc(Cl)cc3Cl)c[nH]c2CCCN2C(=O)c3ccccc3C2=O)C(=O)C1. The molecule has 0 radical (unpaired) electrons. The molecule has 0 bridgehead atoms. The first-order valence-electron chi connectivity index (χ1n) is 11.4. The summed E-state index contributed by atoms with van der Waals surface area (Å²) in [6, 6.07) is 12.2. The number of likely N-dealkylation sites (N-methyl/N-ethyl adjacent to an activating group) is 1. The lowest BCUT2D eigenvalue weighted by molar-refractivity contribution is -0.120. The molecule has 1 aromatic heterocycles. The van der Waals surface area contributed by atoms with E-state index in [1.807, 2.05) is 24.2 Å². The Bertz CT molecular complexity index is 1300. The molecule has 35 heavy (non-hydrogen) atoms. The van der Waals surface area contributed by atoms with Crippen molar-refractivity contribution in [2.45, 2.75) is 12.8 Å². The van der Waals surface area contributed by atoms with Gasteiger partial charge in [-0.05, 0) is 44.2 Å². The summed E-state index contributed by atoms with van der Waals surface area (Å²) in [6.45, 7) is 1.92. The molecule has 0 spiro atoms. The van der Waals surface area contributed by atoms with Crippen molar-refractivity contribution in [3.05, 3.63) is 75.5 Å². The minimum Gasteiger partial charge on any atom is -0.363 e. The van der Waals surface area contributed by atoms with Crippen LogP contribution < -0.4 is 4.90 Å². The molecule has 0 saturated carbocycles. The van der Waals surface area contributed by atoms with Gasteiger partial charge in [-0.3, -0.25) is 24.2 Å². The number of amides is 3. The molecule has 2 aliphatic rings. The molecule has 9 heteroatoms. The fourth-order valence-corrected chi connectivity index (χ4v) is 5.26. The number of anilines is 1. The van der Waals surface area contributed by atoms with Crippen molar-refractivity contribution < 1.29 is 14.4 Å². The summed E-state index contributed by atoms with van der Waals surface area (Å²) in [7, 11) is 1.92. The van der Waals surface area contributed by atoms with E-state index < -0.39 is 0 Å². The largest absolute Gasteiger partial charge is 0.363 e. The molecule has 2 aliphatic heterocycles. The number of imide groups is 1. The van der Waals surface area contributed by atoms with Crippen LogP contribution in [0.25, 0.3) is 11.1 Å². The third-order valence-electron chi connectivity index (χ3n) is 6.52. The molecule has 180 valence electrons. The van der Waals surface area contributed by atoms with Crippen molar-refractivity contribution in [1.82, 2.24) is 14.8 Å². The average molecular weight is 511 g/mol. The van der Waals surface area contributed by atoms with Gasteiger partial charge in [0.15, 0.2) is 0 Å². The second kappa shape index (κ2) is 9.49. The second-order valence-corrected chi connectivity index (χ2v) is 9.69. The van der Waals surface area contributed by atoms with Gasteiger partial charge in [0.1, 0.15) is 0 Å². The smallest absolute Gasteiger partial charge is 0.261 e. The first-order valence-corrected chi connectivity index (χ1v) is 12.2. The van der Waals surface area contributed by atoms with Gasteiger partial charge in [-0.2, -0.15) is 0 Å². The Balaban J connectivity index is 1.41. The number of halogens is 2. The Labute approximate surface area is 213 Å². The van der Waals surface area contributed by atoms with Crippen LogP contribution in [-0.2, 0) is 11.2 Å². The molecule has 5 rings (SSSR count). The van der Waals surface area contributed by atoms with Gasteiger partial charge in [0.25, 0.3) is 11.8 Å². The Morgan fingerprint density at radius 2 is 1.63 bits per heavy atom. The predicted octanol–water partition coefficient (Wildman–Crippen LogP) is 4.50. The second-order valence-electron chi connectivity index (χ2n) is 8.85. The first-order chi connectivity index (χ1) is 16.8. The van der Waals surface area contributed by atoms with Gasteiger partial charge >= 0.3 is 0 Å². The number of piperazine rings is 1. The van der Waals surface area contributed by atoms with E-state index in [0.29, 0.717) is 53.6 Å². The van der Waals surface area contributed by atoms with Crippen molar-refractivity contribution >= 4 is 46.6 Å². The van der Waals surface area contributed by atoms with Crippen LogP contribution in [0.5, 0.6) is 0 Å². The van der Waals surface area contributed by atoms with E-state index in [0.717, 1.165) is 29.1 Å². The van der Waals surface area contributed by atoms with Crippen LogP contribution in [-0.4, -0.2) is 65.7 Å². The number of rotatable bonds is 6. The van der Waals surface area contributed by atoms with Crippen molar-refractivity contribution in [2.24, 2.45) is 0 Å². The van der Waals surface area contributed by atoms with Crippen molar-refractivity contribution in [3.8, 4) is 11.1 Å². The highest BCUT2D eigenvalue weighted by Gasteiger charge is 2.35. The maximum atomic E-state index is 13.0. The molecular weight excluding hydrogens is 487 g/mol. The standard InChI is InChI=1S/C26H24Cl2N4O3/c1-30-11-12-31(23(33)15-30)24-20(17-9-8-16(27)13-21(17)28)14-29-22(24)7-4-10-32-25(34)18-5-2-3-6-19(18)26(32)35/h2-3,5-6,8-9,13-14,29H,4,7,10-12,15H2,1H3. The number of aryl methyl sites for hydroxylation is 1. The summed E-state index contributed by atoms with van der Waals surface area (Å²) >= 11 is 12.6. The molecule has 1 saturated heterocycles. The summed E-state index contributed by atoms with van der Waals surface area (Å²) in [6.07, 6.45) is 2.95.